The van der Waals surface area contributed by atoms with Gasteiger partial charge in [-0.2, -0.15) is 0 Å². The maximum absolute atomic E-state index is 12.1. The summed E-state index contributed by atoms with van der Waals surface area (Å²) < 4.78 is 12.7. The minimum atomic E-state index is -0.655. The second kappa shape index (κ2) is 7.27. The SMILES string of the molecule is Cc1cccc(OCCCn2c(=O)oc(=O)c3cc(C)cc(Br)c32)c1. The van der Waals surface area contributed by atoms with Crippen LogP contribution in [0.25, 0.3) is 10.9 Å². The number of hydrogen-bond donors (Lipinski definition) is 0. The molecule has 2 aromatic carbocycles. The average molecular weight is 404 g/mol. The van der Waals surface area contributed by atoms with Crippen molar-refractivity contribution < 1.29 is 9.15 Å². The van der Waals surface area contributed by atoms with Crippen molar-refractivity contribution >= 4 is 26.8 Å². The van der Waals surface area contributed by atoms with E-state index in [1.165, 1.54) is 4.57 Å². The van der Waals surface area contributed by atoms with E-state index in [4.69, 9.17) is 9.15 Å². The van der Waals surface area contributed by atoms with Gasteiger partial charge in [0.2, 0.25) is 0 Å². The molecule has 0 bridgehead atoms. The van der Waals surface area contributed by atoms with Gasteiger partial charge in [0.15, 0.2) is 0 Å². The van der Waals surface area contributed by atoms with Crippen molar-refractivity contribution in [3.63, 3.8) is 0 Å². The molecule has 0 unspecified atom stereocenters. The summed E-state index contributed by atoms with van der Waals surface area (Å²) in [4.78, 5) is 24.1. The Hall–Kier alpha value is -2.34. The normalized spacial score (nSPS) is 11.0. The van der Waals surface area contributed by atoms with E-state index in [-0.39, 0.29) is 0 Å². The molecule has 25 heavy (non-hydrogen) atoms. The second-order valence-corrected chi connectivity index (χ2v) is 6.82. The lowest BCUT2D eigenvalue weighted by Gasteiger charge is -2.11. The number of nitrogens with zero attached hydrogens (tertiary/aromatic N) is 1. The lowest BCUT2D eigenvalue weighted by atomic mass is 10.2. The molecule has 130 valence electrons. The van der Waals surface area contributed by atoms with Gasteiger partial charge in [0.25, 0.3) is 0 Å². The first kappa shape index (κ1) is 17.5. The number of rotatable bonds is 5. The summed E-state index contributed by atoms with van der Waals surface area (Å²) in [5.41, 5.74) is 1.99. The van der Waals surface area contributed by atoms with Gasteiger partial charge in [0.05, 0.1) is 17.5 Å². The molecular weight excluding hydrogens is 386 g/mol. The minimum Gasteiger partial charge on any atom is -0.494 e. The predicted molar refractivity (Wildman–Crippen MR) is 100 cm³/mol. The molecule has 0 aliphatic rings. The molecule has 5 nitrogen and oxygen atoms in total. The van der Waals surface area contributed by atoms with E-state index in [9.17, 15) is 9.59 Å². The highest BCUT2D eigenvalue weighted by Crippen LogP contribution is 2.23. The highest BCUT2D eigenvalue weighted by molar-refractivity contribution is 9.10. The quantitative estimate of drug-likeness (QED) is 0.607. The zero-order chi connectivity index (χ0) is 18.0. The van der Waals surface area contributed by atoms with Gasteiger partial charge >= 0.3 is 11.4 Å². The first-order valence-corrected chi connectivity index (χ1v) is 8.78. The molecule has 0 spiro atoms. The van der Waals surface area contributed by atoms with Crippen LogP contribution in [0.15, 0.2) is 54.9 Å². The number of hydrogen-bond acceptors (Lipinski definition) is 4. The molecule has 6 heteroatoms. The van der Waals surface area contributed by atoms with Gasteiger partial charge in [-0.3, -0.25) is 4.57 Å². The molecule has 1 aromatic heterocycles. The molecule has 0 aliphatic heterocycles. The Morgan fingerprint density at radius 2 is 1.92 bits per heavy atom. The second-order valence-electron chi connectivity index (χ2n) is 5.97. The minimum absolute atomic E-state index is 0.395. The van der Waals surface area contributed by atoms with Crippen LogP contribution in [-0.4, -0.2) is 11.2 Å². The number of benzene rings is 2. The fourth-order valence-corrected chi connectivity index (χ4v) is 3.55. The number of halogens is 1. The van der Waals surface area contributed by atoms with Crippen LogP contribution < -0.4 is 16.1 Å². The Labute approximate surface area is 153 Å². The van der Waals surface area contributed by atoms with E-state index in [0.717, 1.165) is 16.9 Å². The van der Waals surface area contributed by atoms with Gasteiger partial charge in [-0.15, -0.1) is 0 Å². The lowest BCUT2D eigenvalue weighted by molar-refractivity contribution is 0.296. The molecule has 0 N–H and O–H groups in total. The van der Waals surface area contributed by atoms with Gasteiger partial charge in [-0.1, -0.05) is 12.1 Å². The summed E-state index contributed by atoms with van der Waals surface area (Å²) in [5.74, 6) is 0.145. The third-order valence-electron chi connectivity index (χ3n) is 3.88. The smallest absolute Gasteiger partial charge is 0.422 e. The molecule has 0 saturated carbocycles. The van der Waals surface area contributed by atoms with Gasteiger partial charge in [0, 0.05) is 11.0 Å². The number of fused-ring (bicyclic) bond motifs is 1. The van der Waals surface area contributed by atoms with Crippen molar-refractivity contribution in [3.8, 4) is 5.75 Å². The van der Waals surface area contributed by atoms with Crippen molar-refractivity contribution in [2.24, 2.45) is 0 Å². The van der Waals surface area contributed by atoms with Crippen LogP contribution in [0.4, 0.5) is 0 Å². The Morgan fingerprint density at radius 3 is 2.68 bits per heavy atom. The largest absolute Gasteiger partial charge is 0.494 e. The molecule has 3 aromatic rings. The van der Waals surface area contributed by atoms with Gasteiger partial charge in [-0.25, -0.2) is 9.59 Å². The lowest BCUT2D eigenvalue weighted by Crippen LogP contribution is -2.26. The van der Waals surface area contributed by atoms with E-state index in [1.807, 2.05) is 44.2 Å². The highest BCUT2D eigenvalue weighted by atomic mass is 79.9. The maximum atomic E-state index is 12.1. The zero-order valence-corrected chi connectivity index (χ0v) is 15.6. The third kappa shape index (κ3) is 3.85. The summed E-state index contributed by atoms with van der Waals surface area (Å²) in [7, 11) is 0. The predicted octanol–water partition coefficient (Wildman–Crippen LogP) is 3.80. The highest BCUT2D eigenvalue weighted by Gasteiger charge is 2.13. The Kier molecular flexibility index (Phi) is 5.08. The number of aromatic nitrogens is 1. The van der Waals surface area contributed by atoms with Crippen LogP contribution >= 0.6 is 15.9 Å². The van der Waals surface area contributed by atoms with Crippen molar-refractivity contribution in [3.05, 3.63) is 73.0 Å². The number of ether oxygens (including phenoxy) is 1. The molecule has 0 saturated heterocycles. The maximum Gasteiger partial charge on any atom is 0.422 e. The molecular formula is C19H18BrNO4. The molecule has 1 heterocycles. The van der Waals surface area contributed by atoms with Crippen LogP contribution in [0.1, 0.15) is 17.5 Å². The van der Waals surface area contributed by atoms with Gasteiger partial charge < -0.3 is 9.15 Å². The summed E-state index contributed by atoms with van der Waals surface area (Å²) in [6, 6.07) is 11.4. The van der Waals surface area contributed by atoms with E-state index in [2.05, 4.69) is 15.9 Å². The fraction of sp³-hybridized carbons (Fsp3) is 0.263. The van der Waals surface area contributed by atoms with E-state index in [0.29, 0.717) is 34.9 Å². The fourth-order valence-electron chi connectivity index (χ4n) is 2.77. The van der Waals surface area contributed by atoms with Crippen LogP contribution in [0.5, 0.6) is 5.75 Å². The first-order chi connectivity index (χ1) is 12.0. The summed E-state index contributed by atoms with van der Waals surface area (Å²) in [6.07, 6.45) is 0.608. The van der Waals surface area contributed by atoms with Crippen molar-refractivity contribution in [2.75, 3.05) is 6.61 Å². The number of aryl methyl sites for hydroxylation is 3. The Morgan fingerprint density at radius 1 is 1.12 bits per heavy atom. The van der Waals surface area contributed by atoms with Crippen molar-refractivity contribution in [1.82, 2.24) is 4.57 Å². The monoisotopic (exact) mass is 403 g/mol. The van der Waals surface area contributed by atoms with Gasteiger partial charge in [0.1, 0.15) is 5.75 Å². The Bertz CT molecular complexity index is 1040. The zero-order valence-electron chi connectivity index (χ0n) is 14.0. The molecule has 0 aliphatic carbocycles. The molecule has 0 amide bonds. The van der Waals surface area contributed by atoms with Gasteiger partial charge in [-0.05, 0) is 71.6 Å². The van der Waals surface area contributed by atoms with Crippen LogP contribution in [-0.2, 0) is 6.54 Å². The standard InChI is InChI=1S/C19H18BrNO4/c1-12-5-3-6-14(9-12)24-8-4-7-21-17-15(18(22)25-19(21)23)10-13(2)11-16(17)20/h3,5-6,9-11H,4,7-8H2,1-2H3. The average Bonchev–Trinajstić information content (AvgIpc) is 2.54. The molecule has 0 fully saturated rings. The summed E-state index contributed by atoms with van der Waals surface area (Å²) >= 11 is 3.45. The van der Waals surface area contributed by atoms with Crippen molar-refractivity contribution in [1.29, 1.82) is 0 Å². The third-order valence-corrected chi connectivity index (χ3v) is 4.49. The molecule has 0 atom stereocenters. The van der Waals surface area contributed by atoms with Crippen LogP contribution in [0.3, 0.4) is 0 Å². The summed E-state index contributed by atoms with van der Waals surface area (Å²) in [6.45, 7) is 4.74. The van der Waals surface area contributed by atoms with Crippen molar-refractivity contribution in [2.45, 2.75) is 26.8 Å². The van der Waals surface area contributed by atoms with E-state index in [1.54, 1.807) is 6.07 Å². The van der Waals surface area contributed by atoms with E-state index >= 15 is 0 Å². The topological polar surface area (TPSA) is 61.4 Å². The molecule has 3 rings (SSSR count). The first-order valence-electron chi connectivity index (χ1n) is 7.99. The van der Waals surface area contributed by atoms with Crippen LogP contribution in [0, 0.1) is 13.8 Å². The Balaban J connectivity index is 1.82. The van der Waals surface area contributed by atoms with Crippen LogP contribution in [0.2, 0.25) is 0 Å². The molecule has 0 radical (unpaired) electrons. The summed E-state index contributed by atoms with van der Waals surface area (Å²) in [5, 5.41) is 0.395. The van der Waals surface area contributed by atoms with E-state index < -0.39 is 11.4 Å².